The first-order valence-corrected chi connectivity index (χ1v) is 8.22. The molecule has 0 radical (unpaired) electrons. The smallest absolute Gasteiger partial charge is 0.272 e. The zero-order valence-electron chi connectivity index (χ0n) is 13.9. The largest absolute Gasteiger partial charge is 0.301 e. The van der Waals surface area contributed by atoms with E-state index in [4.69, 9.17) is 0 Å². The minimum atomic E-state index is -0.666. The fraction of sp³-hybridized carbons (Fsp3) is 0.294. The van der Waals surface area contributed by atoms with Crippen molar-refractivity contribution in [3.8, 4) is 0 Å². The molecule has 134 valence electrons. The summed E-state index contributed by atoms with van der Waals surface area (Å²) >= 11 is 0. The van der Waals surface area contributed by atoms with Gasteiger partial charge in [0.2, 0.25) is 0 Å². The molecule has 0 spiro atoms. The van der Waals surface area contributed by atoms with Gasteiger partial charge in [0.1, 0.15) is 5.69 Å². The number of benzene rings is 1. The number of pyridine rings is 1. The van der Waals surface area contributed by atoms with Gasteiger partial charge in [-0.3, -0.25) is 30.6 Å². The Hall–Kier alpha value is -3.36. The van der Waals surface area contributed by atoms with E-state index in [1.165, 1.54) is 12.1 Å². The van der Waals surface area contributed by atoms with Gasteiger partial charge in [0, 0.05) is 29.6 Å². The standard InChI is InChI=1S/C17H17N5O4/c23-21(24)12-8-9-16(17(11-12)22(25)26)20-19-15-7-2-1-5-13(15)14-6-3-4-10-18-14/h3-4,6,8-11,13,20H,1-2,5,7H2/b19-15+. The third kappa shape index (κ3) is 3.82. The van der Waals surface area contributed by atoms with Crippen LogP contribution >= 0.6 is 0 Å². The van der Waals surface area contributed by atoms with E-state index >= 15 is 0 Å². The molecule has 1 heterocycles. The molecule has 1 aromatic carbocycles. The minimum Gasteiger partial charge on any atom is -0.272 e. The zero-order valence-corrected chi connectivity index (χ0v) is 13.9. The average Bonchev–Trinajstić information content (AvgIpc) is 2.67. The van der Waals surface area contributed by atoms with Crippen LogP contribution in [-0.4, -0.2) is 20.5 Å². The van der Waals surface area contributed by atoms with Gasteiger partial charge in [-0.1, -0.05) is 12.5 Å². The topological polar surface area (TPSA) is 124 Å². The van der Waals surface area contributed by atoms with Gasteiger partial charge in [-0.15, -0.1) is 0 Å². The highest BCUT2D eigenvalue weighted by atomic mass is 16.6. The number of hydrazone groups is 1. The molecule has 1 aromatic heterocycles. The molecular weight excluding hydrogens is 338 g/mol. The summed E-state index contributed by atoms with van der Waals surface area (Å²) in [7, 11) is 0. The van der Waals surface area contributed by atoms with Crippen LogP contribution in [0.2, 0.25) is 0 Å². The van der Waals surface area contributed by atoms with Gasteiger partial charge in [-0.05, 0) is 37.5 Å². The lowest BCUT2D eigenvalue weighted by Crippen LogP contribution is -2.20. The molecule has 1 N–H and O–H groups in total. The highest BCUT2D eigenvalue weighted by Gasteiger charge is 2.24. The fourth-order valence-corrected chi connectivity index (χ4v) is 3.04. The van der Waals surface area contributed by atoms with Gasteiger partial charge in [0.25, 0.3) is 5.69 Å². The third-order valence-corrected chi connectivity index (χ3v) is 4.33. The molecule has 26 heavy (non-hydrogen) atoms. The first-order chi connectivity index (χ1) is 12.6. The maximum absolute atomic E-state index is 11.2. The lowest BCUT2D eigenvalue weighted by Gasteiger charge is -2.23. The summed E-state index contributed by atoms with van der Waals surface area (Å²) in [5, 5.41) is 26.4. The minimum absolute atomic E-state index is 0.0644. The van der Waals surface area contributed by atoms with Gasteiger partial charge < -0.3 is 0 Å². The normalized spacial score (nSPS) is 18.5. The van der Waals surface area contributed by atoms with E-state index in [9.17, 15) is 20.2 Å². The SMILES string of the molecule is O=[N+]([O-])c1ccc(N/N=C2\CCCCC2c2ccccn2)c([N+](=O)[O-])c1. The summed E-state index contributed by atoms with van der Waals surface area (Å²) in [6.07, 6.45) is 5.48. The van der Waals surface area contributed by atoms with Crippen LogP contribution in [0, 0.1) is 20.2 Å². The zero-order chi connectivity index (χ0) is 18.5. The van der Waals surface area contributed by atoms with Crippen LogP contribution in [0.1, 0.15) is 37.3 Å². The Balaban J connectivity index is 1.88. The van der Waals surface area contributed by atoms with Crippen LogP contribution in [-0.2, 0) is 0 Å². The number of nitro benzene ring substituents is 2. The second kappa shape index (κ2) is 7.68. The first-order valence-electron chi connectivity index (χ1n) is 8.22. The molecule has 0 saturated heterocycles. The van der Waals surface area contributed by atoms with Gasteiger partial charge in [-0.25, -0.2) is 0 Å². The van der Waals surface area contributed by atoms with E-state index in [0.29, 0.717) is 0 Å². The first kappa shape index (κ1) is 17.5. The summed E-state index contributed by atoms with van der Waals surface area (Å²) < 4.78 is 0. The van der Waals surface area contributed by atoms with E-state index in [1.807, 2.05) is 18.2 Å². The van der Waals surface area contributed by atoms with E-state index in [0.717, 1.165) is 43.2 Å². The fourth-order valence-electron chi connectivity index (χ4n) is 3.04. The van der Waals surface area contributed by atoms with Crippen molar-refractivity contribution in [1.82, 2.24) is 4.98 Å². The van der Waals surface area contributed by atoms with Crippen molar-refractivity contribution in [3.63, 3.8) is 0 Å². The number of nitrogens with one attached hydrogen (secondary N) is 1. The molecule has 1 fully saturated rings. The quantitative estimate of drug-likeness (QED) is 0.638. The Labute approximate surface area is 149 Å². The van der Waals surface area contributed by atoms with E-state index < -0.39 is 9.85 Å². The van der Waals surface area contributed by atoms with Crippen molar-refractivity contribution in [2.24, 2.45) is 5.10 Å². The van der Waals surface area contributed by atoms with Gasteiger partial charge in [-0.2, -0.15) is 5.10 Å². The Bertz CT molecular complexity index is 853. The van der Waals surface area contributed by atoms with Crippen LogP contribution in [0.3, 0.4) is 0 Å². The highest BCUT2D eigenvalue weighted by molar-refractivity contribution is 5.92. The predicted octanol–water partition coefficient (Wildman–Crippen LogP) is 4.02. The number of nitro groups is 2. The maximum atomic E-state index is 11.2. The maximum Gasteiger partial charge on any atom is 0.301 e. The number of rotatable bonds is 5. The Morgan fingerprint density at radius 2 is 1.96 bits per heavy atom. The summed E-state index contributed by atoms with van der Waals surface area (Å²) in [5.74, 6) is 0.0644. The second-order valence-electron chi connectivity index (χ2n) is 5.98. The van der Waals surface area contributed by atoms with Crippen LogP contribution in [0.25, 0.3) is 0 Å². The molecule has 9 nitrogen and oxygen atoms in total. The molecule has 3 rings (SSSR count). The number of hydrogen-bond donors (Lipinski definition) is 1. The van der Waals surface area contributed by atoms with Gasteiger partial charge >= 0.3 is 5.69 Å². The van der Waals surface area contributed by atoms with E-state index in [-0.39, 0.29) is 23.0 Å². The van der Waals surface area contributed by atoms with Gasteiger partial charge in [0.15, 0.2) is 0 Å². The summed E-state index contributed by atoms with van der Waals surface area (Å²) in [5.41, 5.74) is 3.93. The lowest BCUT2D eigenvalue weighted by atomic mass is 9.85. The Morgan fingerprint density at radius 1 is 1.12 bits per heavy atom. The van der Waals surface area contributed by atoms with Crippen LogP contribution < -0.4 is 5.43 Å². The van der Waals surface area contributed by atoms with Crippen LogP contribution in [0.4, 0.5) is 17.1 Å². The van der Waals surface area contributed by atoms with Crippen molar-refractivity contribution in [1.29, 1.82) is 0 Å². The molecule has 1 atom stereocenters. The monoisotopic (exact) mass is 355 g/mol. The lowest BCUT2D eigenvalue weighted by molar-refractivity contribution is -0.393. The van der Waals surface area contributed by atoms with Gasteiger partial charge in [0.05, 0.1) is 15.9 Å². The molecule has 0 bridgehead atoms. The second-order valence-corrected chi connectivity index (χ2v) is 5.98. The average molecular weight is 355 g/mol. The number of anilines is 1. The predicted molar refractivity (Wildman–Crippen MR) is 96.3 cm³/mol. The molecular formula is C17H17N5O4. The molecule has 1 saturated carbocycles. The van der Waals surface area contributed by atoms with E-state index in [2.05, 4.69) is 15.5 Å². The van der Waals surface area contributed by atoms with Crippen molar-refractivity contribution in [2.45, 2.75) is 31.6 Å². The highest BCUT2D eigenvalue weighted by Crippen LogP contribution is 2.32. The molecule has 0 aliphatic heterocycles. The van der Waals surface area contributed by atoms with Crippen molar-refractivity contribution < 1.29 is 9.85 Å². The summed E-state index contributed by atoms with van der Waals surface area (Å²) in [4.78, 5) is 25.1. The number of non-ortho nitro benzene ring substituents is 1. The van der Waals surface area contributed by atoms with Crippen molar-refractivity contribution >= 4 is 22.8 Å². The van der Waals surface area contributed by atoms with Crippen LogP contribution in [0.15, 0.2) is 47.7 Å². The third-order valence-electron chi connectivity index (χ3n) is 4.33. The van der Waals surface area contributed by atoms with E-state index in [1.54, 1.807) is 6.20 Å². The van der Waals surface area contributed by atoms with Crippen molar-refractivity contribution in [3.05, 3.63) is 68.5 Å². The summed E-state index contributed by atoms with van der Waals surface area (Å²) in [6, 6.07) is 9.16. The molecule has 0 amide bonds. The van der Waals surface area contributed by atoms with Crippen molar-refractivity contribution in [2.75, 3.05) is 5.43 Å². The molecule has 1 aliphatic rings. The molecule has 2 aromatic rings. The van der Waals surface area contributed by atoms with Crippen LogP contribution in [0.5, 0.6) is 0 Å². The summed E-state index contributed by atoms with van der Waals surface area (Å²) in [6.45, 7) is 0. The molecule has 1 unspecified atom stereocenters. The number of aromatic nitrogens is 1. The Morgan fingerprint density at radius 3 is 2.65 bits per heavy atom. The molecule has 9 heteroatoms. The number of nitrogens with zero attached hydrogens (tertiary/aromatic N) is 4. The number of hydrogen-bond acceptors (Lipinski definition) is 7. The Kier molecular flexibility index (Phi) is 5.16. The molecule has 1 aliphatic carbocycles.